The van der Waals surface area contributed by atoms with Gasteiger partial charge in [-0.1, -0.05) is 19.9 Å². The Labute approximate surface area is 113 Å². The van der Waals surface area contributed by atoms with E-state index in [0.29, 0.717) is 12.0 Å². The Morgan fingerprint density at radius 2 is 2.11 bits per heavy atom. The number of rotatable bonds is 5. The second-order valence-electron chi connectivity index (χ2n) is 6.18. The third-order valence-electron chi connectivity index (χ3n) is 4.23. The molecule has 2 N–H and O–H groups in total. The predicted molar refractivity (Wildman–Crippen MR) is 72.3 cm³/mol. The Morgan fingerprint density at radius 1 is 1.37 bits per heavy atom. The van der Waals surface area contributed by atoms with Gasteiger partial charge in [0.1, 0.15) is 0 Å². The highest BCUT2D eigenvalue weighted by Crippen LogP contribution is 2.51. The van der Waals surface area contributed by atoms with Crippen molar-refractivity contribution < 1.29 is 14.6 Å². The lowest BCUT2D eigenvalue weighted by Crippen LogP contribution is -2.24. The normalized spacial score (nSPS) is 24.3. The first-order chi connectivity index (χ1) is 9.06. The van der Waals surface area contributed by atoms with Crippen molar-refractivity contribution in [2.75, 3.05) is 19.9 Å². The summed E-state index contributed by atoms with van der Waals surface area (Å²) >= 11 is 0. The molecule has 0 bridgehead atoms. The molecule has 0 saturated heterocycles. The van der Waals surface area contributed by atoms with Crippen molar-refractivity contribution in [3.05, 3.63) is 23.8 Å². The third-order valence-corrected chi connectivity index (χ3v) is 4.23. The van der Waals surface area contributed by atoms with Gasteiger partial charge in [-0.15, -0.1) is 0 Å². The summed E-state index contributed by atoms with van der Waals surface area (Å²) in [6.07, 6.45) is 0.775. The van der Waals surface area contributed by atoms with Crippen LogP contribution in [0, 0.1) is 11.3 Å². The van der Waals surface area contributed by atoms with Crippen molar-refractivity contribution in [2.45, 2.75) is 26.4 Å². The van der Waals surface area contributed by atoms with Crippen LogP contribution >= 0.6 is 0 Å². The van der Waals surface area contributed by atoms with E-state index in [1.54, 1.807) is 0 Å². The van der Waals surface area contributed by atoms with Crippen molar-refractivity contribution in [2.24, 2.45) is 11.3 Å². The van der Waals surface area contributed by atoms with Gasteiger partial charge >= 0.3 is 0 Å². The summed E-state index contributed by atoms with van der Waals surface area (Å²) in [5.41, 5.74) is 1.35. The fraction of sp³-hybridized carbons (Fsp3) is 0.600. The fourth-order valence-corrected chi connectivity index (χ4v) is 2.56. The molecule has 1 saturated carbocycles. The van der Waals surface area contributed by atoms with Gasteiger partial charge in [0.05, 0.1) is 6.10 Å². The summed E-state index contributed by atoms with van der Waals surface area (Å²) in [5.74, 6) is 2.22. The Hall–Kier alpha value is -1.26. The molecular weight excluding hydrogens is 242 g/mol. The van der Waals surface area contributed by atoms with Crippen LogP contribution in [0.2, 0.25) is 0 Å². The van der Waals surface area contributed by atoms with E-state index in [2.05, 4.69) is 19.2 Å². The van der Waals surface area contributed by atoms with E-state index in [1.807, 2.05) is 18.2 Å². The maximum absolute atomic E-state index is 10.2. The minimum absolute atomic E-state index is 0.268. The van der Waals surface area contributed by atoms with Crippen LogP contribution in [0.1, 0.15) is 31.9 Å². The zero-order chi connectivity index (χ0) is 13.5. The fourth-order valence-electron chi connectivity index (χ4n) is 2.56. The van der Waals surface area contributed by atoms with E-state index in [9.17, 15) is 5.11 Å². The smallest absolute Gasteiger partial charge is 0.231 e. The summed E-state index contributed by atoms with van der Waals surface area (Å²) in [6, 6.07) is 5.60. The summed E-state index contributed by atoms with van der Waals surface area (Å²) in [7, 11) is 0. The lowest BCUT2D eigenvalue weighted by atomic mass is 10.1. The Bertz CT molecular complexity index is 472. The molecule has 0 aromatic heterocycles. The molecule has 3 rings (SSSR count). The number of hydrogen-bond acceptors (Lipinski definition) is 4. The van der Waals surface area contributed by atoms with E-state index in [1.165, 1.54) is 6.42 Å². The number of benzene rings is 1. The first-order valence-corrected chi connectivity index (χ1v) is 6.84. The van der Waals surface area contributed by atoms with Crippen LogP contribution < -0.4 is 14.8 Å². The lowest BCUT2D eigenvalue weighted by molar-refractivity contribution is 0.170. The van der Waals surface area contributed by atoms with Crippen molar-refractivity contribution in [1.82, 2.24) is 5.32 Å². The molecule has 0 radical (unpaired) electrons. The van der Waals surface area contributed by atoms with Gasteiger partial charge in [-0.2, -0.15) is 0 Å². The van der Waals surface area contributed by atoms with Gasteiger partial charge in [-0.3, -0.25) is 0 Å². The van der Waals surface area contributed by atoms with E-state index in [0.717, 1.165) is 29.5 Å². The quantitative estimate of drug-likeness (QED) is 0.854. The molecule has 104 valence electrons. The number of aliphatic hydroxyl groups excluding tert-OH is 1. The van der Waals surface area contributed by atoms with Crippen LogP contribution in [0.5, 0.6) is 11.5 Å². The largest absolute Gasteiger partial charge is 0.454 e. The maximum Gasteiger partial charge on any atom is 0.231 e. The Kier molecular flexibility index (Phi) is 3.15. The van der Waals surface area contributed by atoms with Crippen LogP contribution in [0.15, 0.2) is 18.2 Å². The second kappa shape index (κ2) is 4.69. The number of hydrogen-bond donors (Lipinski definition) is 2. The monoisotopic (exact) mass is 263 g/mol. The van der Waals surface area contributed by atoms with Crippen molar-refractivity contribution >= 4 is 0 Å². The van der Waals surface area contributed by atoms with Crippen LogP contribution in [0.4, 0.5) is 0 Å². The average molecular weight is 263 g/mol. The molecule has 2 atom stereocenters. The highest BCUT2D eigenvalue weighted by molar-refractivity contribution is 5.45. The minimum Gasteiger partial charge on any atom is -0.454 e. The molecule has 1 aromatic carbocycles. The molecule has 4 nitrogen and oxygen atoms in total. The molecular formula is C15H21NO3. The number of nitrogens with one attached hydrogen (secondary N) is 1. The van der Waals surface area contributed by atoms with Gasteiger partial charge in [0.25, 0.3) is 0 Å². The molecule has 1 aliphatic heterocycles. The SMILES string of the molecule is CC1(C)CC1CNCC(O)c1ccc2c(c1)OCO2. The molecule has 1 heterocycles. The number of aliphatic hydroxyl groups is 1. The molecule has 19 heavy (non-hydrogen) atoms. The van der Waals surface area contributed by atoms with Gasteiger partial charge in [-0.05, 0) is 42.0 Å². The Balaban J connectivity index is 1.51. The lowest BCUT2D eigenvalue weighted by Gasteiger charge is -2.13. The van der Waals surface area contributed by atoms with Crippen LogP contribution in [-0.4, -0.2) is 25.0 Å². The molecule has 4 heteroatoms. The van der Waals surface area contributed by atoms with Gasteiger partial charge in [0.2, 0.25) is 6.79 Å². The molecule has 1 aliphatic carbocycles. The summed E-state index contributed by atoms with van der Waals surface area (Å²) in [4.78, 5) is 0. The zero-order valence-corrected chi connectivity index (χ0v) is 11.5. The van der Waals surface area contributed by atoms with Crippen LogP contribution in [0.25, 0.3) is 0 Å². The van der Waals surface area contributed by atoms with Crippen molar-refractivity contribution in [3.63, 3.8) is 0 Å². The molecule has 1 aromatic rings. The molecule has 0 amide bonds. The van der Waals surface area contributed by atoms with E-state index in [-0.39, 0.29) is 6.79 Å². The second-order valence-corrected chi connectivity index (χ2v) is 6.18. The summed E-state index contributed by atoms with van der Waals surface area (Å²) in [5, 5.41) is 13.5. The predicted octanol–water partition coefficient (Wildman–Crippen LogP) is 2.08. The average Bonchev–Trinajstić information content (AvgIpc) is 2.79. The Morgan fingerprint density at radius 3 is 2.84 bits per heavy atom. The molecule has 0 spiro atoms. The molecule has 2 unspecified atom stereocenters. The van der Waals surface area contributed by atoms with Crippen molar-refractivity contribution in [3.8, 4) is 11.5 Å². The third kappa shape index (κ3) is 2.69. The number of ether oxygens (including phenoxy) is 2. The van der Waals surface area contributed by atoms with Gasteiger partial charge < -0.3 is 19.9 Å². The summed E-state index contributed by atoms with van der Waals surface area (Å²) < 4.78 is 10.6. The first kappa shape index (κ1) is 12.8. The first-order valence-electron chi connectivity index (χ1n) is 6.84. The van der Waals surface area contributed by atoms with Gasteiger partial charge in [0, 0.05) is 6.54 Å². The van der Waals surface area contributed by atoms with Crippen molar-refractivity contribution in [1.29, 1.82) is 0 Å². The van der Waals surface area contributed by atoms with E-state index >= 15 is 0 Å². The van der Waals surface area contributed by atoms with E-state index in [4.69, 9.17) is 9.47 Å². The number of fused-ring (bicyclic) bond motifs is 1. The molecule has 2 aliphatic rings. The molecule has 1 fully saturated rings. The van der Waals surface area contributed by atoms with Crippen LogP contribution in [-0.2, 0) is 0 Å². The van der Waals surface area contributed by atoms with E-state index < -0.39 is 6.10 Å². The van der Waals surface area contributed by atoms with Crippen LogP contribution in [0.3, 0.4) is 0 Å². The zero-order valence-electron chi connectivity index (χ0n) is 11.5. The topological polar surface area (TPSA) is 50.7 Å². The minimum atomic E-state index is -0.503. The maximum atomic E-state index is 10.2. The highest BCUT2D eigenvalue weighted by atomic mass is 16.7. The standard InChI is InChI=1S/C15H21NO3/c1-15(2)6-11(15)7-16-8-12(17)10-3-4-13-14(5-10)19-9-18-13/h3-5,11-12,16-17H,6-9H2,1-2H3. The van der Waals surface area contributed by atoms with Gasteiger partial charge in [0.15, 0.2) is 11.5 Å². The van der Waals surface area contributed by atoms with Gasteiger partial charge in [-0.25, -0.2) is 0 Å². The highest BCUT2D eigenvalue weighted by Gasteiger charge is 2.44. The summed E-state index contributed by atoms with van der Waals surface area (Å²) in [6.45, 7) is 6.39.